The summed E-state index contributed by atoms with van der Waals surface area (Å²) in [5, 5.41) is 3.43. The van der Waals surface area contributed by atoms with E-state index < -0.39 is 0 Å². The van der Waals surface area contributed by atoms with Crippen LogP contribution in [0.5, 0.6) is 0 Å². The van der Waals surface area contributed by atoms with Crippen molar-refractivity contribution in [2.24, 2.45) is 0 Å². The van der Waals surface area contributed by atoms with Crippen LogP contribution < -0.4 is 5.32 Å². The van der Waals surface area contributed by atoms with E-state index in [-0.39, 0.29) is 11.9 Å². The Morgan fingerprint density at radius 3 is 2.63 bits per heavy atom. The number of hydrogen-bond donors (Lipinski definition) is 1. The van der Waals surface area contributed by atoms with E-state index in [1.165, 1.54) is 6.07 Å². The third-order valence-electron chi connectivity index (χ3n) is 2.92. The molecule has 19 heavy (non-hydrogen) atoms. The molecular formula is C15H23BrFNO. The minimum Gasteiger partial charge on any atom is -0.379 e. The molecule has 0 radical (unpaired) electrons. The van der Waals surface area contributed by atoms with Crippen molar-refractivity contribution in [3.63, 3.8) is 0 Å². The highest BCUT2D eigenvalue weighted by Crippen LogP contribution is 2.21. The molecule has 0 bridgehead atoms. The Labute approximate surface area is 123 Å². The molecule has 0 aliphatic rings. The van der Waals surface area contributed by atoms with Crippen molar-refractivity contribution in [2.45, 2.75) is 45.8 Å². The summed E-state index contributed by atoms with van der Waals surface area (Å²) >= 11 is 3.21. The highest BCUT2D eigenvalue weighted by atomic mass is 79.9. The third-order valence-corrected chi connectivity index (χ3v) is 3.52. The minimum absolute atomic E-state index is 0.221. The average molecular weight is 332 g/mol. The van der Waals surface area contributed by atoms with Gasteiger partial charge in [0, 0.05) is 12.6 Å². The summed E-state index contributed by atoms with van der Waals surface area (Å²) < 4.78 is 19.1. The van der Waals surface area contributed by atoms with Crippen LogP contribution in [0, 0.1) is 5.82 Å². The Morgan fingerprint density at radius 1 is 1.26 bits per heavy atom. The maximum atomic E-state index is 13.1. The van der Waals surface area contributed by atoms with E-state index in [0.717, 1.165) is 31.6 Å². The quantitative estimate of drug-likeness (QED) is 0.711. The second-order valence-electron chi connectivity index (χ2n) is 4.98. The average Bonchev–Trinajstić information content (AvgIpc) is 2.36. The lowest BCUT2D eigenvalue weighted by Crippen LogP contribution is -2.20. The topological polar surface area (TPSA) is 21.3 Å². The molecule has 0 spiro atoms. The van der Waals surface area contributed by atoms with Crippen LogP contribution in [-0.4, -0.2) is 19.3 Å². The first-order valence-corrected chi connectivity index (χ1v) is 7.60. The fourth-order valence-corrected chi connectivity index (χ4v) is 2.16. The Morgan fingerprint density at radius 2 is 2.00 bits per heavy atom. The number of ether oxygens (including phenoxy) is 1. The van der Waals surface area contributed by atoms with Crippen LogP contribution in [0.4, 0.5) is 4.39 Å². The van der Waals surface area contributed by atoms with Gasteiger partial charge in [0.2, 0.25) is 0 Å². The molecule has 0 aliphatic heterocycles. The zero-order chi connectivity index (χ0) is 14.3. The van der Waals surface area contributed by atoms with Gasteiger partial charge in [0.25, 0.3) is 0 Å². The van der Waals surface area contributed by atoms with Crippen molar-refractivity contribution < 1.29 is 9.13 Å². The predicted octanol–water partition coefficient (Wildman–Crippen LogP) is 4.44. The van der Waals surface area contributed by atoms with Crippen LogP contribution in [-0.2, 0) is 4.74 Å². The summed E-state index contributed by atoms with van der Waals surface area (Å²) in [6.45, 7) is 7.94. The van der Waals surface area contributed by atoms with Gasteiger partial charge >= 0.3 is 0 Å². The lowest BCUT2D eigenvalue weighted by atomic mass is 10.1. The molecule has 1 N–H and O–H groups in total. The van der Waals surface area contributed by atoms with E-state index in [0.29, 0.717) is 10.6 Å². The highest BCUT2D eigenvalue weighted by Gasteiger charge is 2.07. The van der Waals surface area contributed by atoms with Gasteiger partial charge in [-0.3, -0.25) is 0 Å². The Hall–Kier alpha value is -0.450. The minimum atomic E-state index is -0.221. The molecule has 0 amide bonds. The highest BCUT2D eigenvalue weighted by molar-refractivity contribution is 9.10. The van der Waals surface area contributed by atoms with Gasteiger partial charge < -0.3 is 10.1 Å². The fraction of sp³-hybridized carbons (Fsp3) is 0.600. The van der Waals surface area contributed by atoms with Crippen LogP contribution in [0.3, 0.4) is 0 Å². The summed E-state index contributed by atoms with van der Waals surface area (Å²) in [7, 11) is 0. The van der Waals surface area contributed by atoms with Crippen molar-refractivity contribution in [1.82, 2.24) is 5.32 Å². The number of hydrogen-bond acceptors (Lipinski definition) is 2. The third kappa shape index (κ3) is 6.50. The van der Waals surface area contributed by atoms with E-state index >= 15 is 0 Å². The zero-order valence-electron chi connectivity index (χ0n) is 11.9. The molecule has 108 valence electrons. The second-order valence-corrected chi connectivity index (χ2v) is 5.83. The zero-order valence-corrected chi connectivity index (χ0v) is 13.5. The normalized spacial score (nSPS) is 12.9. The fourth-order valence-electron chi connectivity index (χ4n) is 1.76. The molecule has 0 saturated heterocycles. The first-order chi connectivity index (χ1) is 9.00. The number of benzene rings is 1. The molecule has 0 aliphatic carbocycles. The summed E-state index contributed by atoms with van der Waals surface area (Å²) in [6, 6.07) is 5.37. The van der Waals surface area contributed by atoms with Gasteiger partial charge in [0.1, 0.15) is 5.82 Å². The summed E-state index contributed by atoms with van der Waals surface area (Å²) in [6.07, 6.45) is 2.45. The van der Waals surface area contributed by atoms with Gasteiger partial charge in [0.05, 0.1) is 10.6 Å². The van der Waals surface area contributed by atoms with E-state index in [2.05, 4.69) is 28.2 Å². The maximum absolute atomic E-state index is 13.1. The Balaban J connectivity index is 2.23. The molecule has 1 aromatic rings. The second kappa shape index (κ2) is 8.67. The van der Waals surface area contributed by atoms with Gasteiger partial charge in [-0.1, -0.05) is 6.07 Å². The molecule has 0 heterocycles. The van der Waals surface area contributed by atoms with Crippen molar-refractivity contribution in [3.05, 3.63) is 34.1 Å². The molecule has 2 nitrogen and oxygen atoms in total. The van der Waals surface area contributed by atoms with Crippen molar-refractivity contribution in [1.29, 1.82) is 0 Å². The van der Waals surface area contributed by atoms with Crippen molar-refractivity contribution in [3.8, 4) is 0 Å². The number of unbranched alkanes of at least 4 members (excludes halogenated alkanes) is 1. The molecule has 0 aromatic heterocycles. The first-order valence-electron chi connectivity index (χ1n) is 6.80. The van der Waals surface area contributed by atoms with Crippen molar-refractivity contribution in [2.75, 3.05) is 13.2 Å². The van der Waals surface area contributed by atoms with Crippen LogP contribution in [0.2, 0.25) is 0 Å². The SMILES string of the molecule is CC(C)OCCCCNC(C)c1ccc(F)c(Br)c1. The first kappa shape index (κ1) is 16.6. The summed E-state index contributed by atoms with van der Waals surface area (Å²) in [5.74, 6) is -0.221. The molecule has 0 fully saturated rings. The van der Waals surface area contributed by atoms with Crippen LogP contribution >= 0.6 is 15.9 Å². The van der Waals surface area contributed by atoms with Gasteiger partial charge in [-0.25, -0.2) is 4.39 Å². The smallest absolute Gasteiger partial charge is 0.137 e. The van der Waals surface area contributed by atoms with E-state index in [1.54, 1.807) is 0 Å². The van der Waals surface area contributed by atoms with Gasteiger partial charge in [-0.05, 0) is 73.8 Å². The van der Waals surface area contributed by atoms with E-state index in [4.69, 9.17) is 4.74 Å². The number of rotatable bonds is 8. The molecule has 0 saturated carbocycles. The number of nitrogens with one attached hydrogen (secondary N) is 1. The largest absolute Gasteiger partial charge is 0.379 e. The molecule has 1 atom stereocenters. The maximum Gasteiger partial charge on any atom is 0.137 e. The number of halogens is 2. The monoisotopic (exact) mass is 331 g/mol. The van der Waals surface area contributed by atoms with Gasteiger partial charge in [-0.15, -0.1) is 0 Å². The Kier molecular flexibility index (Phi) is 7.57. The van der Waals surface area contributed by atoms with Crippen LogP contribution in [0.1, 0.15) is 45.2 Å². The van der Waals surface area contributed by atoms with E-state index in [9.17, 15) is 4.39 Å². The molecule has 1 rings (SSSR count). The molecule has 4 heteroatoms. The summed E-state index contributed by atoms with van der Waals surface area (Å²) in [4.78, 5) is 0. The molecule has 1 aromatic carbocycles. The standard InChI is InChI=1S/C15H23BrFNO/c1-11(2)19-9-5-4-8-18-12(3)13-6-7-15(17)14(16)10-13/h6-7,10-12,18H,4-5,8-9H2,1-3H3. The van der Waals surface area contributed by atoms with Crippen LogP contribution in [0.25, 0.3) is 0 Å². The van der Waals surface area contributed by atoms with Gasteiger partial charge in [-0.2, -0.15) is 0 Å². The van der Waals surface area contributed by atoms with Crippen LogP contribution in [0.15, 0.2) is 22.7 Å². The molecule has 1 unspecified atom stereocenters. The van der Waals surface area contributed by atoms with Crippen molar-refractivity contribution >= 4 is 15.9 Å². The van der Waals surface area contributed by atoms with Gasteiger partial charge in [0.15, 0.2) is 0 Å². The lowest BCUT2D eigenvalue weighted by Gasteiger charge is -2.15. The predicted molar refractivity (Wildman–Crippen MR) is 80.8 cm³/mol. The Bertz CT molecular complexity index is 384. The van der Waals surface area contributed by atoms with E-state index in [1.807, 2.05) is 26.0 Å². The lowest BCUT2D eigenvalue weighted by molar-refractivity contribution is 0.0759. The molecular weight excluding hydrogens is 309 g/mol. The summed E-state index contributed by atoms with van der Waals surface area (Å²) in [5.41, 5.74) is 1.09.